The summed E-state index contributed by atoms with van der Waals surface area (Å²) in [5.74, 6) is 1.40. The molecule has 0 aliphatic rings. The van der Waals surface area contributed by atoms with Crippen LogP contribution in [-0.4, -0.2) is 21.5 Å². The second kappa shape index (κ2) is 21.4. The highest BCUT2D eigenvalue weighted by atomic mass is 15.3. The van der Waals surface area contributed by atoms with E-state index in [-0.39, 0.29) is 5.95 Å². The van der Waals surface area contributed by atoms with Gasteiger partial charge in [-0.15, -0.1) is 0 Å². The van der Waals surface area contributed by atoms with Gasteiger partial charge in [0.2, 0.25) is 11.9 Å². The van der Waals surface area contributed by atoms with E-state index in [0.29, 0.717) is 11.8 Å². The maximum atomic E-state index is 5.99. The van der Waals surface area contributed by atoms with Crippen molar-refractivity contribution in [3.8, 4) is 0 Å². The molecule has 1 heterocycles. The molecule has 0 saturated heterocycles. The van der Waals surface area contributed by atoms with Crippen molar-refractivity contribution in [2.75, 3.05) is 17.2 Å². The van der Waals surface area contributed by atoms with Crippen LogP contribution < -0.4 is 10.6 Å². The van der Waals surface area contributed by atoms with Gasteiger partial charge in [0.05, 0.1) is 0 Å². The molecule has 2 N–H and O–H groups in total. The van der Waals surface area contributed by atoms with Crippen LogP contribution in [0.2, 0.25) is 0 Å². The standard InChI is InChI=1S/C34H57N5/c1-4-5-6-7-8-9-10-11-12-13-14-15-16-17-18-19-20-21-22-26-29-39(31-27-24-23-25-28-31)34-37-32(30(2)3)36-33(35)38-34/h23-25,27-28H,2,4-22,26,29H2,1,3H3,(H2,35,36,37,38). The predicted octanol–water partition coefficient (Wildman–Crippen LogP) is 10.4. The van der Waals surface area contributed by atoms with E-state index < -0.39 is 0 Å². The minimum absolute atomic E-state index is 0.238. The van der Waals surface area contributed by atoms with E-state index in [1.165, 1.54) is 122 Å². The average molecular weight is 536 g/mol. The third-order valence-electron chi connectivity index (χ3n) is 7.57. The molecular formula is C34H57N5. The average Bonchev–Trinajstić information content (AvgIpc) is 2.94. The molecule has 0 spiro atoms. The molecule has 5 nitrogen and oxygen atoms in total. The van der Waals surface area contributed by atoms with E-state index in [4.69, 9.17) is 5.73 Å². The number of aromatic nitrogens is 3. The smallest absolute Gasteiger partial charge is 0.235 e. The SMILES string of the molecule is C=C(C)c1nc(N)nc(N(CCCCCCCCCCCCCCCCCCCCCC)c2ccccc2)n1. The first-order chi connectivity index (χ1) is 19.1. The minimum Gasteiger partial charge on any atom is -0.368 e. The first-order valence-corrected chi connectivity index (χ1v) is 16.1. The highest BCUT2D eigenvalue weighted by molar-refractivity contribution is 5.61. The Kier molecular flexibility index (Phi) is 18.0. The summed E-state index contributed by atoms with van der Waals surface area (Å²) in [6, 6.07) is 10.3. The molecule has 0 fully saturated rings. The summed E-state index contributed by atoms with van der Waals surface area (Å²) >= 11 is 0. The van der Waals surface area contributed by atoms with Crippen LogP contribution in [-0.2, 0) is 0 Å². The molecule has 2 aromatic rings. The van der Waals surface area contributed by atoms with Gasteiger partial charge in [-0.25, -0.2) is 0 Å². The van der Waals surface area contributed by atoms with Crippen molar-refractivity contribution in [1.82, 2.24) is 15.0 Å². The molecule has 0 amide bonds. The molecule has 0 saturated carbocycles. The van der Waals surface area contributed by atoms with E-state index in [1.54, 1.807) is 0 Å². The Bertz CT molecular complexity index is 882. The van der Waals surface area contributed by atoms with E-state index >= 15 is 0 Å². The highest BCUT2D eigenvalue weighted by Gasteiger charge is 2.15. The van der Waals surface area contributed by atoms with Gasteiger partial charge in [0, 0.05) is 12.2 Å². The molecule has 5 heteroatoms. The van der Waals surface area contributed by atoms with E-state index in [0.717, 1.165) is 24.2 Å². The molecule has 0 aliphatic carbocycles. The lowest BCUT2D eigenvalue weighted by Crippen LogP contribution is -2.22. The summed E-state index contributed by atoms with van der Waals surface area (Å²) in [6.45, 7) is 9.02. The van der Waals surface area contributed by atoms with E-state index in [1.807, 2.05) is 25.1 Å². The molecule has 39 heavy (non-hydrogen) atoms. The van der Waals surface area contributed by atoms with Gasteiger partial charge in [0.1, 0.15) is 0 Å². The quantitative estimate of drug-likeness (QED) is 0.135. The number of unbranched alkanes of at least 4 members (excludes halogenated alkanes) is 19. The summed E-state index contributed by atoms with van der Waals surface area (Å²) in [5.41, 5.74) is 7.86. The van der Waals surface area contributed by atoms with Crippen LogP contribution in [0.1, 0.15) is 148 Å². The van der Waals surface area contributed by atoms with Crippen molar-refractivity contribution < 1.29 is 0 Å². The van der Waals surface area contributed by atoms with Crippen molar-refractivity contribution >= 4 is 23.2 Å². The van der Waals surface area contributed by atoms with Crippen molar-refractivity contribution in [2.24, 2.45) is 0 Å². The van der Waals surface area contributed by atoms with Crippen LogP contribution in [0.3, 0.4) is 0 Å². The van der Waals surface area contributed by atoms with Crippen LogP contribution >= 0.6 is 0 Å². The fourth-order valence-corrected chi connectivity index (χ4v) is 5.17. The van der Waals surface area contributed by atoms with Crippen molar-refractivity contribution in [3.05, 3.63) is 42.7 Å². The van der Waals surface area contributed by atoms with Gasteiger partial charge >= 0.3 is 0 Å². The number of nitrogen functional groups attached to an aromatic ring is 1. The lowest BCUT2D eigenvalue weighted by molar-refractivity contribution is 0.522. The first kappa shape index (κ1) is 32.8. The fraction of sp³-hybridized carbons (Fsp3) is 0.676. The van der Waals surface area contributed by atoms with Gasteiger partial charge in [-0.1, -0.05) is 154 Å². The number of allylic oxidation sites excluding steroid dienone is 1. The lowest BCUT2D eigenvalue weighted by atomic mass is 10.0. The van der Waals surface area contributed by atoms with Gasteiger partial charge in [-0.2, -0.15) is 15.0 Å². The summed E-state index contributed by atoms with van der Waals surface area (Å²) < 4.78 is 0. The Morgan fingerprint density at radius 2 is 1.08 bits per heavy atom. The minimum atomic E-state index is 0.238. The number of hydrogen-bond acceptors (Lipinski definition) is 5. The predicted molar refractivity (Wildman–Crippen MR) is 170 cm³/mol. The van der Waals surface area contributed by atoms with Crippen molar-refractivity contribution in [3.63, 3.8) is 0 Å². The molecule has 218 valence electrons. The fourth-order valence-electron chi connectivity index (χ4n) is 5.17. The number of benzene rings is 1. The summed E-state index contributed by atoms with van der Waals surface area (Å²) in [7, 11) is 0. The zero-order valence-corrected chi connectivity index (χ0v) is 25.3. The number of anilines is 3. The van der Waals surface area contributed by atoms with Gasteiger partial charge < -0.3 is 10.6 Å². The molecule has 0 aliphatic heterocycles. The van der Waals surface area contributed by atoms with Gasteiger partial charge in [0.25, 0.3) is 0 Å². The van der Waals surface area contributed by atoms with Gasteiger partial charge in [0.15, 0.2) is 5.82 Å². The topological polar surface area (TPSA) is 67.9 Å². The summed E-state index contributed by atoms with van der Waals surface area (Å²) in [4.78, 5) is 15.5. The van der Waals surface area contributed by atoms with Crippen LogP contribution in [0.25, 0.3) is 5.57 Å². The molecule has 0 bridgehead atoms. The lowest BCUT2D eigenvalue weighted by Gasteiger charge is -2.23. The monoisotopic (exact) mass is 535 g/mol. The zero-order chi connectivity index (χ0) is 28.0. The van der Waals surface area contributed by atoms with Crippen LogP contribution in [0.5, 0.6) is 0 Å². The molecule has 2 rings (SSSR count). The second-order valence-corrected chi connectivity index (χ2v) is 11.3. The second-order valence-electron chi connectivity index (χ2n) is 11.3. The highest BCUT2D eigenvalue weighted by Crippen LogP contribution is 2.24. The summed E-state index contributed by atoms with van der Waals surface area (Å²) in [6.07, 6.45) is 27.8. The molecule has 0 unspecified atom stereocenters. The first-order valence-electron chi connectivity index (χ1n) is 16.1. The van der Waals surface area contributed by atoms with Crippen LogP contribution in [0.15, 0.2) is 36.9 Å². The number of rotatable bonds is 24. The third-order valence-corrected chi connectivity index (χ3v) is 7.57. The Morgan fingerprint density at radius 3 is 1.51 bits per heavy atom. The third kappa shape index (κ3) is 15.1. The Balaban J connectivity index is 1.50. The molecule has 1 aromatic heterocycles. The number of para-hydroxylation sites is 1. The Morgan fingerprint density at radius 1 is 0.641 bits per heavy atom. The number of hydrogen-bond donors (Lipinski definition) is 1. The van der Waals surface area contributed by atoms with Crippen molar-refractivity contribution in [2.45, 2.75) is 142 Å². The van der Waals surface area contributed by atoms with Crippen molar-refractivity contribution in [1.29, 1.82) is 0 Å². The number of nitrogens with two attached hydrogens (primary N) is 1. The zero-order valence-electron chi connectivity index (χ0n) is 25.3. The molecular weight excluding hydrogens is 478 g/mol. The molecule has 0 radical (unpaired) electrons. The largest absolute Gasteiger partial charge is 0.368 e. The van der Waals surface area contributed by atoms with Gasteiger partial charge in [-0.05, 0) is 31.1 Å². The Labute approximate surface area is 240 Å². The van der Waals surface area contributed by atoms with Gasteiger partial charge in [-0.3, -0.25) is 0 Å². The van der Waals surface area contributed by atoms with Crippen LogP contribution in [0.4, 0.5) is 17.6 Å². The normalized spacial score (nSPS) is 11.1. The maximum Gasteiger partial charge on any atom is 0.235 e. The maximum absolute atomic E-state index is 5.99. The molecule has 0 atom stereocenters. The Hall–Kier alpha value is -2.43. The summed E-state index contributed by atoms with van der Waals surface area (Å²) in [5, 5.41) is 0. The van der Waals surface area contributed by atoms with E-state index in [9.17, 15) is 0 Å². The van der Waals surface area contributed by atoms with E-state index in [2.05, 4.69) is 45.5 Å². The molecule has 1 aromatic carbocycles. The van der Waals surface area contributed by atoms with Crippen LogP contribution in [0, 0.1) is 0 Å². The number of nitrogens with zero attached hydrogens (tertiary/aromatic N) is 4.